The summed E-state index contributed by atoms with van der Waals surface area (Å²) in [4.78, 5) is 11.0. The molecule has 2 nitrogen and oxygen atoms in total. The van der Waals surface area contributed by atoms with Gasteiger partial charge in [-0.2, -0.15) is 0 Å². The first-order valence-electron chi connectivity index (χ1n) is 4.13. The second kappa shape index (κ2) is 6.65. The molecule has 0 fully saturated rings. The lowest BCUT2D eigenvalue weighted by atomic mass is 10.3. The molecule has 0 aromatic carbocycles. The third-order valence-electron chi connectivity index (χ3n) is 1.54. The standard InChI is InChI=1S/C10H16O2/c1-4-6-7-8-12-10(11)9(3)5-2/h4-5H,1,6-8H2,2-3H3/b9-5+. The third kappa shape index (κ3) is 4.72. The molecule has 0 bridgehead atoms. The molecule has 0 aromatic heterocycles. The van der Waals surface area contributed by atoms with Gasteiger partial charge in [-0.05, 0) is 26.7 Å². The Hall–Kier alpha value is -1.05. The van der Waals surface area contributed by atoms with E-state index in [1.165, 1.54) is 0 Å². The Morgan fingerprint density at radius 2 is 2.25 bits per heavy atom. The van der Waals surface area contributed by atoms with Gasteiger partial charge < -0.3 is 4.74 Å². The first-order chi connectivity index (χ1) is 5.72. The van der Waals surface area contributed by atoms with Gasteiger partial charge in [-0.1, -0.05) is 12.2 Å². The summed E-state index contributed by atoms with van der Waals surface area (Å²) in [7, 11) is 0. The van der Waals surface area contributed by atoms with Gasteiger partial charge >= 0.3 is 5.97 Å². The minimum absolute atomic E-state index is 0.221. The highest BCUT2D eigenvalue weighted by Gasteiger charge is 2.02. The van der Waals surface area contributed by atoms with Crippen LogP contribution < -0.4 is 0 Å². The summed E-state index contributed by atoms with van der Waals surface area (Å²) in [6, 6.07) is 0. The van der Waals surface area contributed by atoms with Gasteiger partial charge in [0.05, 0.1) is 6.61 Å². The van der Waals surface area contributed by atoms with Gasteiger partial charge in [-0.25, -0.2) is 4.79 Å². The van der Waals surface area contributed by atoms with Crippen LogP contribution in [0.1, 0.15) is 26.7 Å². The SMILES string of the molecule is C=CCCCOC(=O)/C(C)=C/C. The van der Waals surface area contributed by atoms with Crippen molar-refractivity contribution < 1.29 is 9.53 Å². The van der Waals surface area contributed by atoms with Crippen LogP contribution in [0.4, 0.5) is 0 Å². The summed E-state index contributed by atoms with van der Waals surface area (Å²) in [6.07, 6.45) is 5.31. The molecule has 0 aromatic rings. The molecule has 0 aliphatic rings. The molecule has 2 heteroatoms. The predicted molar refractivity (Wildman–Crippen MR) is 49.8 cm³/mol. The molecule has 0 rings (SSSR count). The molecule has 0 unspecified atom stereocenters. The number of hydrogen-bond donors (Lipinski definition) is 0. The first kappa shape index (κ1) is 11.0. The summed E-state index contributed by atoms with van der Waals surface area (Å²) in [5.41, 5.74) is 0.661. The van der Waals surface area contributed by atoms with Crippen molar-refractivity contribution in [3.63, 3.8) is 0 Å². The number of rotatable bonds is 5. The maximum Gasteiger partial charge on any atom is 0.333 e. The smallest absolute Gasteiger partial charge is 0.333 e. The molecule has 0 aliphatic carbocycles. The summed E-state index contributed by atoms with van der Waals surface area (Å²) in [5.74, 6) is -0.221. The zero-order valence-corrected chi connectivity index (χ0v) is 7.80. The van der Waals surface area contributed by atoms with Crippen molar-refractivity contribution in [2.45, 2.75) is 26.7 Å². The van der Waals surface area contributed by atoms with Crippen molar-refractivity contribution in [2.24, 2.45) is 0 Å². The Bertz CT molecular complexity index is 180. The molecule has 0 spiro atoms. The largest absolute Gasteiger partial charge is 0.462 e. The lowest BCUT2D eigenvalue weighted by molar-refractivity contribution is -0.139. The van der Waals surface area contributed by atoms with Crippen LogP contribution in [-0.2, 0) is 9.53 Å². The van der Waals surface area contributed by atoms with Crippen LogP contribution in [0.3, 0.4) is 0 Å². The molecule has 0 N–H and O–H groups in total. The Morgan fingerprint density at radius 3 is 2.75 bits per heavy atom. The van der Waals surface area contributed by atoms with Crippen LogP contribution in [0, 0.1) is 0 Å². The molecule has 0 heterocycles. The van der Waals surface area contributed by atoms with E-state index < -0.39 is 0 Å². The zero-order chi connectivity index (χ0) is 9.40. The van der Waals surface area contributed by atoms with Crippen LogP contribution >= 0.6 is 0 Å². The van der Waals surface area contributed by atoms with E-state index in [2.05, 4.69) is 6.58 Å². The molecule has 68 valence electrons. The van der Waals surface area contributed by atoms with Crippen LogP contribution in [0.25, 0.3) is 0 Å². The van der Waals surface area contributed by atoms with E-state index in [1.807, 2.05) is 13.0 Å². The normalized spacial score (nSPS) is 11.0. The van der Waals surface area contributed by atoms with Gasteiger partial charge in [0.25, 0.3) is 0 Å². The zero-order valence-electron chi connectivity index (χ0n) is 7.80. The number of carbonyl (C=O) groups is 1. The topological polar surface area (TPSA) is 26.3 Å². The van der Waals surface area contributed by atoms with Gasteiger partial charge in [0.1, 0.15) is 0 Å². The van der Waals surface area contributed by atoms with Crippen LogP contribution in [0.2, 0.25) is 0 Å². The average Bonchev–Trinajstić information content (AvgIpc) is 2.10. The predicted octanol–water partition coefficient (Wildman–Crippen LogP) is 2.46. The van der Waals surface area contributed by atoms with Crippen molar-refractivity contribution in [3.05, 3.63) is 24.3 Å². The van der Waals surface area contributed by atoms with E-state index in [-0.39, 0.29) is 5.97 Å². The molecule has 0 amide bonds. The summed E-state index contributed by atoms with van der Waals surface area (Å²) >= 11 is 0. The van der Waals surface area contributed by atoms with E-state index in [0.717, 1.165) is 12.8 Å². The lowest BCUT2D eigenvalue weighted by Crippen LogP contribution is -2.06. The molecule has 12 heavy (non-hydrogen) atoms. The van der Waals surface area contributed by atoms with Crippen molar-refractivity contribution in [2.75, 3.05) is 6.61 Å². The number of unbranched alkanes of at least 4 members (excludes halogenated alkanes) is 1. The van der Waals surface area contributed by atoms with E-state index in [4.69, 9.17) is 4.74 Å². The fraction of sp³-hybridized carbons (Fsp3) is 0.500. The van der Waals surface area contributed by atoms with Crippen LogP contribution in [-0.4, -0.2) is 12.6 Å². The number of hydrogen-bond acceptors (Lipinski definition) is 2. The molecule has 0 saturated heterocycles. The van der Waals surface area contributed by atoms with Gasteiger partial charge in [0.2, 0.25) is 0 Å². The fourth-order valence-corrected chi connectivity index (χ4v) is 0.624. The highest BCUT2D eigenvalue weighted by Crippen LogP contribution is 1.98. The van der Waals surface area contributed by atoms with Gasteiger partial charge in [0, 0.05) is 5.57 Å². The highest BCUT2D eigenvalue weighted by molar-refractivity contribution is 5.87. The number of allylic oxidation sites excluding steroid dienone is 2. The number of ether oxygens (including phenoxy) is 1. The Balaban J connectivity index is 3.51. The van der Waals surface area contributed by atoms with Crippen LogP contribution in [0.15, 0.2) is 24.3 Å². The van der Waals surface area contributed by atoms with Gasteiger partial charge in [-0.3, -0.25) is 0 Å². The summed E-state index contributed by atoms with van der Waals surface area (Å²) in [6.45, 7) is 7.62. The molecule has 0 saturated carbocycles. The van der Waals surface area contributed by atoms with E-state index in [9.17, 15) is 4.79 Å². The highest BCUT2D eigenvalue weighted by atomic mass is 16.5. The van der Waals surface area contributed by atoms with Gasteiger partial charge in [-0.15, -0.1) is 6.58 Å². The number of esters is 1. The van der Waals surface area contributed by atoms with Crippen LogP contribution in [0.5, 0.6) is 0 Å². The first-order valence-corrected chi connectivity index (χ1v) is 4.13. The van der Waals surface area contributed by atoms with Crippen molar-refractivity contribution >= 4 is 5.97 Å². The van der Waals surface area contributed by atoms with E-state index in [1.54, 1.807) is 13.0 Å². The minimum atomic E-state index is -0.221. The third-order valence-corrected chi connectivity index (χ3v) is 1.54. The number of carbonyl (C=O) groups excluding carboxylic acids is 1. The van der Waals surface area contributed by atoms with Crippen molar-refractivity contribution in [3.8, 4) is 0 Å². The second-order valence-corrected chi connectivity index (χ2v) is 2.54. The Labute approximate surface area is 73.9 Å². The maximum absolute atomic E-state index is 11.0. The molecule has 0 atom stereocenters. The lowest BCUT2D eigenvalue weighted by Gasteiger charge is -2.02. The monoisotopic (exact) mass is 168 g/mol. The Kier molecular flexibility index (Phi) is 6.07. The van der Waals surface area contributed by atoms with Gasteiger partial charge in [0.15, 0.2) is 0 Å². The molecule has 0 aliphatic heterocycles. The Morgan fingerprint density at radius 1 is 1.58 bits per heavy atom. The van der Waals surface area contributed by atoms with Crippen molar-refractivity contribution in [1.82, 2.24) is 0 Å². The molecular formula is C10H16O2. The average molecular weight is 168 g/mol. The second-order valence-electron chi connectivity index (χ2n) is 2.54. The molecular weight excluding hydrogens is 152 g/mol. The van der Waals surface area contributed by atoms with E-state index >= 15 is 0 Å². The maximum atomic E-state index is 11.0. The van der Waals surface area contributed by atoms with E-state index in [0.29, 0.717) is 12.2 Å². The molecule has 0 radical (unpaired) electrons. The fourth-order valence-electron chi connectivity index (χ4n) is 0.624. The minimum Gasteiger partial charge on any atom is -0.462 e. The summed E-state index contributed by atoms with van der Waals surface area (Å²) in [5, 5.41) is 0. The summed E-state index contributed by atoms with van der Waals surface area (Å²) < 4.78 is 4.94. The quantitative estimate of drug-likeness (QED) is 0.273. The van der Waals surface area contributed by atoms with Crippen molar-refractivity contribution in [1.29, 1.82) is 0 Å².